The highest BCUT2D eigenvalue weighted by atomic mass is 16.4. The summed E-state index contributed by atoms with van der Waals surface area (Å²) in [4.78, 5) is 35.4. The predicted molar refractivity (Wildman–Crippen MR) is 124 cm³/mol. The van der Waals surface area contributed by atoms with E-state index >= 15 is 0 Å². The third-order valence-electron chi connectivity index (χ3n) is 6.62. The van der Waals surface area contributed by atoms with E-state index in [1.807, 2.05) is 6.08 Å². The summed E-state index contributed by atoms with van der Waals surface area (Å²) >= 11 is 0. The van der Waals surface area contributed by atoms with Crippen molar-refractivity contribution in [3.05, 3.63) is 12.7 Å². The Bertz CT molecular complexity index is 517. The Labute approximate surface area is 194 Å². The second-order valence-corrected chi connectivity index (χ2v) is 9.12. The molecule has 7 nitrogen and oxygen atoms in total. The molecule has 2 N–H and O–H groups in total. The molecule has 0 amide bonds. The number of rotatable bonds is 21. The highest BCUT2D eigenvalue weighted by Gasteiger charge is 2.39. The Balaban J connectivity index is 5.62. The fourth-order valence-electron chi connectivity index (χ4n) is 4.48. The van der Waals surface area contributed by atoms with Gasteiger partial charge in [0.25, 0.3) is 0 Å². The number of carboxylic acid groups (broad SMARTS) is 3. The standard InChI is InChI=1S/C25H45NO6/c1-5-9-10-11-12-13-14-15-16-26(17-20(6-2)23(27)28,18-21(7-3)24(29)30)19-22(8-4)25(31)32/h5,20-22H,1,6-19H2,2-4H3,(H2-,27,28,29,30,31,32). The van der Waals surface area contributed by atoms with Gasteiger partial charge in [-0.15, -0.1) is 6.58 Å². The first-order valence-electron chi connectivity index (χ1n) is 12.3. The lowest BCUT2D eigenvalue weighted by Gasteiger charge is -2.44. The topological polar surface area (TPSA) is 115 Å². The largest absolute Gasteiger partial charge is 0.550 e. The number of allylic oxidation sites excluding steroid dienone is 1. The minimum Gasteiger partial charge on any atom is -0.550 e. The molecular weight excluding hydrogens is 410 g/mol. The Morgan fingerprint density at radius 2 is 1.19 bits per heavy atom. The Hall–Kier alpha value is -1.89. The van der Waals surface area contributed by atoms with Crippen LogP contribution in [0.3, 0.4) is 0 Å². The number of hydrogen-bond acceptors (Lipinski definition) is 4. The molecule has 0 radical (unpaired) electrons. The molecule has 0 aromatic heterocycles. The van der Waals surface area contributed by atoms with E-state index in [0.29, 0.717) is 25.8 Å². The van der Waals surface area contributed by atoms with Gasteiger partial charge in [0.15, 0.2) is 0 Å². The van der Waals surface area contributed by atoms with Crippen LogP contribution in [0.1, 0.15) is 85.0 Å². The molecule has 0 spiro atoms. The monoisotopic (exact) mass is 455 g/mol. The average Bonchev–Trinajstić information content (AvgIpc) is 2.75. The number of carbonyl (C=O) groups excluding carboxylic acids is 1. The van der Waals surface area contributed by atoms with Crippen LogP contribution in [0.4, 0.5) is 0 Å². The van der Waals surface area contributed by atoms with Gasteiger partial charge in [-0.05, 0) is 44.9 Å². The van der Waals surface area contributed by atoms with Crippen LogP contribution in [0.5, 0.6) is 0 Å². The quantitative estimate of drug-likeness (QED) is 0.155. The van der Waals surface area contributed by atoms with E-state index in [1.165, 1.54) is 0 Å². The van der Waals surface area contributed by atoms with Crippen molar-refractivity contribution in [3.63, 3.8) is 0 Å². The van der Waals surface area contributed by atoms with Crippen molar-refractivity contribution >= 4 is 17.9 Å². The summed E-state index contributed by atoms with van der Waals surface area (Å²) in [5, 5.41) is 31.1. The van der Waals surface area contributed by atoms with Crippen LogP contribution in [0.25, 0.3) is 0 Å². The number of nitrogens with zero attached hydrogens (tertiary/aromatic N) is 1. The van der Waals surface area contributed by atoms with Gasteiger partial charge in [0.05, 0.1) is 32.1 Å². The summed E-state index contributed by atoms with van der Waals surface area (Å²) in [6.45, 7) is 10.4. The summed E-state index contributed by atoms with van der Waals surface area (Å²) in [6, 6.07) is 0. The van der Waals surface area contributed by atoms with Crippen LogP contribution in [0.15, 0.2) is 12.7 Å². The smallest absolute Gasteiger partial charge is 0.312 e. The zero-order valence-corrected chi connectivity index (χ0v) is 20.4. The highest BCUT2D eigenvalue weighted by molar-refractivity contribution is 5.70. The van der Waals surface area contributed by atoms with E-state index in [2.05, 4.69) is 6.58 Å². The second-order valence-electron chi connectivity index (χ2n) is 9.12. The van der Waals surface area contributed by atoms with Crippen LogP contribution in [0, 0.1) is 17.8 Å². The van der Waals surface area contributed by atoms with Gasteiger partial charge in [-0.3, -0.25) is 9.59 Å². The molecule has 3 unspecified atom stereocenters. The first-order valence-corrected chi connectivity index (χ1v) is 12.3. The molecule has 0 aromatic carbocycles. The van der Waals surface area contributed by atoms with Crippen molar-refractivity contribution in [2.45, 2.75) is 85.0 Å². The molecule has 0 fully saturated rings. The van der Waals surface area contributed by atoms with Gasteiger partial charge in [-0.1, -0.05) is 46.1 Å². The van der Waals surface area contributed by atoms with Crippen LogP contribution < -0.4 is 5.11 Å². The summed E-state index contributed by atoms with van der Waals surface area (Å²) < 4.78 is 0.207. The average molecular weight is 456 g/mol. The van der Waals surface area contributed by atoms with Crippen molar-refractivity contribution < 1.29 is 34.2 Å². The van der Waals surface area contributed by atoms with Gasteiger partial charge in [0, 0.05) is 5.92 Å². The minimum atomic E-state index is -1.15. The minimum absolute atomic E-state index is 0.207. The predicted octanol–water partition coefficient (Wildman–Crippen LogP) is 3.72. The van der Waals surface area contributed by atoms with Gasteiger partial charge in [0.2, 0.25) is 0 Å². The van der Waals surface area contributed by atoms with E-state index in [-0.39, 0.29) is 24.1 Å². The fraction of sp³-hybridized carbons (Fsp3) is 0.800. The molecule has 7 heteroatoms. The summed E-state index contributed by atoms with van der Waals surface area (Å²) in [7, 11) is 0. The first kappa shape index (κ1) is 30.1. The number of hydrogen-bond donors (Lipinski definition) is 2. The van der Waals surface area contributed by atoms with Gasteiger partial charge in [-0.2, -0.15) is 0 Å². The second kappa shape index (κ2) is 16.7. The molecule has 32 heavy (non-hydrogen) atoms. The molecule has 0 rings (SSSR count). The zero-order valence-electron chi connectivity index (χ0n) is 20.4. The Morgan fingerprint density at radius 1 is 0.781 bits per heavy atom. The van der Waals surface area contributed by atoms with Crippen molar-refractivity contribution in [1.82, 2.24) is 0 Å². The maximum atomic E-state index is 11.8. The lowest BCUT2D eigenvalue weighted by molar-refractivity contribution is -0.935. The molecule has 0 aromatic rings. The van der Waals surface area contributed by atoms with Crippen molar-refractivity contribution in [3.8, 4) is 0 Å². The van der Waals surface area contributed by atoms with Crippen LogP contribution >= 0.6 is 0 Å². The fourth-order valence-corrected chi connectivity index (χ4v) is 4.48. The molecule has 3 atom stereocenters. The number of aliphatic carboxylic acids is 3. The van der Waals surface area contributed by atoms with E-state index < -0.39 is 35.7 Å². The molecule has 0 aliphatic rings. The van der Waals surface area contributed by atoms with E-state index in [1.54, 1.807) is 20.8 Å². The molecule has 0 saturated carbocycles. The maximum Gasteiger partial charge on any atom is 0.312 e. The van der Waals surface area contributed by atoms with Crippen LogP contribution in [-0.4, -0.2) is 58.8 Å². The van der Waals surface area contributed by atoms with Crippen LogP contribution in [-0.2, 0) is 14.4 Å². The van der Waals surface area contributed by atoms with Gasteiger partial charge < -0.3 is 24.6 Å². The molecule has 0 aliphatic carbocycles. The SMILES string of the molecule is C=CCCCCCCCC[N+](CC(CC)C(=O)[O-])(CC(CC)C(=O)O)CC(CC)C(=O)O. The molecule has 0 aliphatic heterocycles. The molecule has 0 saturated heterocycles. The summed E-state index contributed by atoms with van der Waals surface area (Å²) in [6.07, 6.45) is 10.4. The number of quaternary nitrogens is 1. The maximum absolute atomic E-state index is 11.8. The molecule has 0 heterocycles. The van der Waals surface area contributed by atoms with Crippen molar-refractivity contribution in [2.75, 3.05) is 26.2 Å². The molecular formula is C25H45NO6. The van der Waals surface area contributed by atoms with E-state index in [0.717, 1.165) is 44.9 Å². The van der Waals surface area contributed by atoms with E-state index in [4.69, 9.17) is 0 Å². The first-order chi connectivity index (χ1) is 15.2. The zero-order chi connectivity index (χ0) is 24.6. The highest BCUT2D eigenvalue weighted by Crippen LogP contribution is 2.25. The van der Waals surface area contributed by atoms with Gasteiger partial charge >= 0.3 is 11.9 Å². The van der Waals surface area contributed by atoms with Crippen LogP contribution in [0.2, 0.25) is 0 Å². The summed E-state index contributed by atoms with van der Waals surface area (Å²) in [5.41, 5.74) is 0. The Morgan fingerprint density at radius 3 is 1.56 bits per heavy atom. The lowest BCUT2D eigenvalue weighted by Crippen LogP contribution is -2.59. The Kier molecular flexibility index (Phi) is 15.7. The number of carbonyl (C=O) groups is 3. The number of carboxylic acids is 3. The third-order valence-corrected chi connectivity index (χ3v) is 6.62. The molecule has 0 bridgehead atoms. The summed E-state index contributed by atoms with van der Waals surface area (Å²) in [5.74, 6) is -4.99. The lowest BCUT2D eigenvalue weighted by atomic mass is 9.95. The van der Waals surface area contributed by atoms with Crippen molar-refractivity contribution in [1.29, 1.82) is 0 Å². The van der Waals surface area contributed by atoms with Gasteiger partial charge in [-0.25, -0.2) is 0 Å². The van der Waals surface area contributed by atoms with Gasteiger partial charge in [0.1, 0.15) is 11.8 Å². The third kappa shape index (κ3) is 11.7. The molecule has 186 valence electrons. The van der Waals surface area contributed by atoms with E-state index in [9.17, 15) is 29.7 Å². The number of unbranched alkanes of at least 4 members (excludes halogenated alkanes) is 6. The van der Waals surface area contributed by atoms with Crippen molar-refractivity contribution in [2.24, 2.45) is 17.8 Å². The normalized spacial score (nSPS) is 16.0.